The Hall–Kier alpha value is -1.75. The third kappa shape index (κ3) is 2.88. The molecule has 1 heterocycles. The Bertz CT molecular complexity index is 594. The van der Waals surface area contributed by atoms with Crippen molar-refractivity contribution in [3.8, 4) is 0 Å². The quantitative estimate of drug-likeness (QED) is 0.840. The third-order valence-corrected chi connectivity index (χ3v) is 3.82. The fraction of sp³-hybridized carbons (Fsp3) is 0.0833. The average molecular weight is 251 g/mol. The number of pyridine rings is 1. The monoisotopic (exact) mass is 251 g/mol. The topological polar surface area (TPSA) is 47.0 Å². The van der Waals surface area contributed by atoms with Crippen molar-refractivity contribution >= 4 is 9.84 Å². The zero-order chi connectivity index (χ0) is 12.3. The molecule has 0 saturated heterocycles. The van der Waals surface area contributed by atoms with Crippen LogP contribution in [-0.4, -0.2) is 13.4 Å². The van der Waals surface area contributed by atoms with Gasteiger partial charge in [-0.15, -0.1) is 0 Å². The molecule has 1 aromatic carbocycles. The van der Waals surface area contributed by atoms with Crippen LogP contribution in [0.4, 0.5) is 4.39 Å². The molecule has 17 heavy (non-hydrogen) atoms. The number of sulfone groups is 1. The second kappa shape index (κ2) is 4.63. The van der Waals surface area contributed by atoms with E-state index in [2.05, 4.69) is 4.98 Å². The summed E-state index contributed by atoms with van der Waals surface area (Å²) in [5.41, 5.74) is 0.539. The van der Waals surface area contributed by atoms with Gasteiger partial charge in [0.15, 0.2) is 14.9 Å². The molecule has 5 heteroatoms. The SMILES string of the molecule is O=S(=O)(Cc1ccc(F)cc1)c1ccccn1. The predicted molar refractivity (Wildman–Crippen MR) is 61.5 cm³/mol. The minimum atomic E-state index is -3.46. The van der Waals surface area contributed by atoms with Gasteiger partial charge in [-0.1, -0.05) is 18.2 Å². The molecular weight excluding hydrogens is 241 g/mol. The highest BCUT2D eigenvalue weighted by molar-refractivity contribution is 7.90. The molecule has 1 aromatic heterocycles. The Labute approximate surface area is 98.9 Å². The highest BCUT2D eigenvalue weighted by Crippen LogP contribution is 2.14. The summed E-state index contributed by atoms with van der Waals surface area (Å²) in [6, 6.07) is 10.1. The first-order valence-electron chi connectivity index (χ1n) is 4.96. The third-order valence-electron chi connectivity index (χ3n) is 2.23. The van der Waals surface area contributed by atoms with Crippen molar-refractivity contribution in [2.45, 2.75) is 10.8 Å². The normalized spacial score (nSPS) is 11.4. The van der Waals surface area contributed by atoms with Gasteiger partial charge in [0.05, 0.1) is 5.75 Å². The molecule has 0 aliphatic rings. The van der Waals surface area contributed by atoms with E-state index in [1.54, 1.807) is 12.1 Å². The molecule has 88 valence electrons. The van der Waals surface area contributed by atoms with Crippen LogP contribution in [0.15, 0.2) is 53.7 Å². The van der Waals surface area contributed by atoms with Crippen LogP contribution in [0.5, 0.6) is 0 Å². The van der Waals surface area contributed by atoms with Gasteiger partial charge in [0.25, 0.3) is 0 Å². The molecule has 0 amide bonds. The molecule has 3 nitrogen and oxygen atoms in total. The Balaban J connectivity index is 2.27. The molecule has 2 rings (SSSR count). The van der Waals surface area contributed by atoms with Crippen LogP contribution in [0, 0.1) is 5.82 Å². The fourth-order valence-electron chi connectivity index (χ4n) is 1.41. The summed E-state index contributed by atoms with van der Waals surface area (Å²) in [7, 11) is -3.46. The Morgan fingerprint density at radius 3 is 2.35 bits per heavy atom. The first-order valence-corrected chi connectivity index (χ1v) is 6.61. The van der Waals surface area contributed by atoms with Gasteiger partial charge in [-0.25, -0.2) is 17.8 Å². The van der Waals surface area contributed by atoms with E-state index in [4.69, 9.17) is 0 Å². The van der Waals surface area contributed by atoms with Gasteiger partial charge in [-0.3, -0.25) is 0 Å². The van der Waals surface area contributed by atoms with Crippen molar-refractivity contribution in [2.75, 3.05) is 0 Å². The molecule has 0 N–H and O–H groups in total. The maximum atomic E-state index is 12.7. The van der Waals surface area contributed by atoms with Crippen LogP contribution in [-0.2, 0) is 15.6 Å². The summed E-state index contributed by atoms with van der Waals surface area (Å²) in [6.07, 6.45) is 1.43. The molecular formula is C12H10FNO2S. The zero-order valence-electron chi connectivity index (χ0n) is 8.88. The Morgan fingerprint density at radius 1 is 1.06 bits per heavy atom. The maximum Gasteiger partial charge on any atom is 0.199 e. The fourth-order valence-corrected chi connectivity index (χ4v) is 2.69. The highest BCUT2D eigenvalue weighted by atomic mass is 32.2. The van der Waals surface area contributed by atoms with Crippen molar-refractivity contribution in [3.63, 3.8) is 0 Å². The van der Waals surface area contributed by atoms with Gasteiger partial charge in [0, 0.05) is 6.20 Å². The van der Waals surface area contributed by atoms with E-state index in [0.717, 1.165) is 0 Å². The van der Waals surface area contributed by atoms with Crippen molar-refractivity contribution in [1.82, 2.24) is 4.98 Å². The van der Waals surface area contributed by atoms with Gasteiger partial charge in [0.1, 0.15) is 5.82 Å². The standard InChI is InChI=1S/C12H10FNO2S/c13-11-6-4-10(5-7-11)9-17(15,16)12-3-1-2-8-14-12/h1-8H,9H2. The number of nitrogens with zero attached hydrogens (tertiary/aromatic N) is 1. The Morgan fingerprint density at radius 2 is 1.76 bits per heavy atom. The first-order chi connectivity index (χ1) is 8.08. The number of halogens is 1. The largest absolute Gasteiger partial charge is 0.245 e. The molecule has 0 unspecified atom stereocenters. The number of benzene rings is 1. The molecule has 0 atom stereocenters. The van der Waals surface area contributed by atoms with E-state index in [0.29, 0.717) is 5.56 Å². The predicted octanol–water partition coefficient (Wildman–Crippen LogP) is 2.19. The maximum absolute atomic E-state index is 12.7. The molecule has 0 bridgehead atoms. The Kier molecular flexibility index (Phi) is 3.19. The van der Waals surface area contributed by atoms with Gasteiger partial charge in [-0.05, 0) is 29.8 Å². The van der Waals surface area contributed by atoms with Gasteiger partial charge in [-0.2, -0.15) is 0 Å². The minimum Gasteiger partial charge on any atom is -0.245 e. The van der Waals surface area contributed by atoms with E-state index in [1.165, 1.54) is 36.5 Å². The van der Waals surface area contributed by atoms with E-state index in [1.807, 2.05) is 0 Å². The summed E-state index contributed by atoms with van der Waals surface area (Å²) in [5.74, 6) is -0.561. The van der Waals surface area contributed by atoms with Crippen LogP contribution in [0.2, 0.25) is 0 Å². The zero-order valence-corrected chi connectivity index (χ0v) is 9.69. The lowest BCUT2D eigenvalue weighted by molar-refractivity contribution is 0.591. The van der Waals surface area contributed by atoms with Crippen LogP contribution < -0.4 is 0 Å². The lowest BCUT2D eigenvalue weighted by Crippen LogP contribution is -2.06. The van der Waals surface area contributed by atoms with Crippen LogP contribution in [0.25, 0.3) is 0 Å². The summed E-state index contributed by atoms with van der Waals surface area (Å²) >= 11 is 0. The number of hydrogen-bond acceptors (Lipinski definition) is 3. The molecule has 0 radical (unpaired) electrons. The molecule has 2 aromatic rings. The van der Waals surface area contributed by atoms with Crippen molar-refractivity contribution in [1.29, 1.82) is 0 Å². The van der Waals surface area contributed by atoms with Crippen LogP contribution in [0.3, 0.4) is 0 Å². The molecule has 0 spiro atoms. The molecule has 0 aliphatic heterocycles. The summed E-state index contributed by atoms with van der Waals surface area (Å²) < 4.78 is 36.5. The van der Waals surface area contributed by atoms with E-state index < -0.39 is 9.84 Å². The lowest BCUT2D eigenvalue weighted by Gasteiger charge is -2.03. The van der Waals surface area contributed by atoms with Crippen LogP contribution in [0.1, 0.15) is 5.56 Å². The first kappa shape index (κ1) is 11.7. The lowest BCUT2D eigenvalue weighted by atomic mass is 10.2. The molecule has 0 saturated carbocycles. The molecule has 0 fully saturated rings. The highest BCUT2D eigenvalue weighted by Gasteiger charge is 2.16. The van der Waals surface area contributed by atoms with Gasteiger partial charge in [0.2, 0.25) is 0 Å². The second-order valence-corrected chi connectivity index (χ2v) is 5.49. The van der Waals surface area contributed by atoms with E-state index in [-0.39, 0.29) is 16.6 Å². The van der Waals surface area contributed by atoms with Crippen LogP contribution >= 0.6 is 0 Å². The summed E-state index contributed by atoms with van der Waals surface area (Å²) in [6.45, 7) is 0. The van der Waals surface area contributed by atoms with E-state index in [9.17, 15) is 12.8 Å². The van der Waals surface area contributed by atoms with Crippen molar-refractivity contribution < 1.29 is 12.8 Å². The number of hydrogen-bond donors (Lipinski definition) is 0. The van der Waals surface area contributed by atoms with Crippen molar-refractivity contribution in [3.05, 3.63) is 60.0 Å². The number of aromatic nitrogens is 1. The summed E-state index contributed by atoms with van der Waals surface area (Å²) in [4.78, 5) is 3.80. The minimum absolute atomic E-state index is 0.0318. The van der Waals surface area contributed by atoms with Gasteiger partial charge >= 0.3 is 0 Å². The van der Waals surface area contributed by atoms with Gasteiger partial charge < -0.3 is 0 Å². The average Bonchev–Trinajstić information content (AvgIpc) is 2.33. The smallest absolute Gasteiger partial charge is 0.199 e. The summed E-state index contributed by atoms with van der Waals surface area (Å²) in [5, 5.41) is 0.0318. The molecule has 0 aliphatic carbocycles. The number of rotatable bonds is 3. The van der Waals surface area contributed by atoms with Crippen molar-refractivity contribution in [2.24, 2.45) is 0 Å². The second-order valence-electron chi connectivity index (χ2n) is 3.55. The van der Waals surface area contributed by atoms with E-state index >= 15 is 0 Å².